The molecule has 0 aliphatic carbocycles. The van der Waals surface area contributed by atoms with Crippen LogP contribution in [0.3, 0.4) is 0 Å². The first kappa shape index (κ1) is 17.6. The molecular weight excluding hydrogens is 318 g/mol. The number of rotatable bonds is 7. The number of aromatic nitrogens is 2. The average molecular weight is 343 g/mol. The minimum Gasteiger partial charge on any atom is -0.373 e. The van der Waals surface area contributed by atoms with Crippen molar-refractivity contribution in [1.82, 2.24) is 15.1 Å². The highest BCUT2D eigenvalue weighted by Crippen LogP contribution is 2.38. The lowest BCUT2D eigenvalue weighted by molar-refractivity contribution is -0.126. The van der Waals surface area contributed by atoms with Gasteiger partial charge >= 0.3 is 0 Å². The zero-order valence-electron chi connectivity index (χ0n) is 15.1. The number of hydrogen-bond donors (Lipinski definition) is 1. The number of nitrogens with zero attached hydrogens (tertiary/aromatic N) is 4. The fraction of sp³-hybridized carbons (Fsp3) is 0.667. The van der Waals surface area contributed by atoms with Gasteiger partial charge in [-0.2, -0.15) is 15.3 Å². The Morgan fingerprint density at radius 1 is 1.44 bits per heavy atom. The lowest BCUT2D eigenvalue weighted by atomic mass is 9.93. The summed E-state index contributed by atoms with van der Waals surface area (Å²) in [6.45, 7) is 5.11. The van der Waals surface area contributed by atoms with E-state index in [1.165, 1.54) is 0 Å². The van der Waals surface area contributed by atoms with Crippen molar-refractivity contribution in [3.05, 3.63) is 17.0 Å². The van der Waals surface area contributed by atoms with Crippen molar-refractivity contribution in [3.8, 4) is 12.3 Å². The SMILES string of the molecule is C#CCCC1(CCNC(=O)[C@@H]2CCO[C@H]2c2c(C)nn(C)c2C)N=N1. The van der Waals surface area contributed by atoms with E-state index in [-0.39, 0.29) is 23.6 Å². The number of terminal acetylenes is 1. The second-order valence-corrected chi connectivity index (χ2v) is 6.82. The summed E-state index contributed by atoms with van der Waals surface area (Å²) in [5, 5.41) is 15.7. The first-order valence-corrected chi connectivity index (χ1v) is 8.74. The third-order valence-electron chi connectivity index (χ3n) is 5.16. The lowest BCUT2D eigenvalue weighted by Gasteiger charge is -2.19. The van der Waals surface area contributed by atoms with Crippen molar-refractivity contribution >= 4 is 5.91 Å². The summed E-state index contributed by atoms with van der Waals surface area (Å²) in [4.78, 5) is 12.7. The van der Waals surface area contributed by atoms with Crippen molar-refractivity contribution in [2.24, 2.45) is 23.2 Å². The minimum absolute atomic E-state index is 0.0258. The molecule has 1 fully saturated rings. The van der Waals surface area contributed by atoms with Crippen LogP contribution in [0.2, 0.25) is 0 Å². The van der Waals surface area contributed by atoms with Crippen LogP contribution >= 0.6 is 0 Å². The van der Waals surface area contributed by atoms with Gasteiger partial charge in [-0.15, -0.1) is 12.3 Å². The van der Waals surface area contributed by atoms with E-state index in [1.54, 1.807) is 0 Å². The van der Waals surface area contributed by atoms with E-state index < -0.39 is 0 Å². The topological polar surface area (TPSA) is 80.9 Å². The summed E-state index contributed by atoms with van der Waals surface area (Å²) < 4.78 is 7.73. The smallest absolute Gasteiger partial charge is 0.226 e. The van der Waals surface area contributed by atoms with E-state index in [2.05, 4.69) is 26.6 Å². The van der Waals surface area contributed by atoms with Crippen LogP contribution in [0.4, 0.5) is 0 Å². The Labute approximate surface area is 148 Å². The minimum atomic E-state index is -0.359. The number of carbonyl (C=O) groups is 1. The van der Waals surface area contributed by atoms with E-state index in [9.17, 15) is 4.79 Å². The molecule has 0 saturated carbocycles. The molecule has 2 aliphatic heterocycles. The fourth-order valence-corrected chi connectivity index (χ4v) is 3.53. The molecule has 0 unspecified atom stereocenters. The summed E-state index contributed by atoms with van der Waals surface area (Å²) in [5.74, 6) is 2.45. The summed E-state index contributed by atoms with van der Waals surface area (Å²) in [7, 11) is 1.91. The van der Waals surface area contributed by atoms with Gasteiger partial charge in [-0.25, -0.2) is 0 Å². The fourth-order valence-electron chi connectivity index (χ4n) is 3.53. The van der Waals surface area contributed by atoms with Gasteiger partial charge in [-0.1, -0.05) is 0 Å². The Kier molecular flexibility index (Phi) is 4.91. The standard InChI is InChI=1S/C18H25N5O2/c1-5-6-8-18(21-22-18)9-10-19-17(24)14-7-11-25-16(14)15-12(2)20-23(4)13(15)3/h1,14,16H,6-11H2,2-4H3,(H,19,24)/t14-,16-/m1/s1. The summed E-state index contributed by atoms with van der Waals surface area (Å²) in [6.07, 6.45) is 7.90. The highest BCUT2D eigenvalue weighted by molar-refractivity contribution is 5.79. The molecule has 0 radical (unpaired) electrons. The third kappa shape index (κ3) is 3.59. The highest BCUT2D eigenvalue weighted by atomic mass is 16.5. The molecule has 3 rings (SSSR count). The number of carbonyl (C=O) groups excluding carboxylic acids is 1. The first-order valence-electron chi connectivity index (χ1n) is 8.74. The van der Waals surface area contributed by atoms with E-state index in [4.69, 9.17) is 11.2 Å². The Bertz CT molecular complexity index is 725. The Morgan fingerprint density at radius 3 is 2.80 bits per heavy atom. The van der Waals surface area contributed by atoms with E-state index in [0.717, 1.165) is 29.8 Å². The molecule has 0 bridgehead atoms. The largest absolute Gasteiger partial charge is 0.373 e. The average Bonchev–Trinajstić information content (AvgIpc) is 3.09. The van der Waals surface area contributed by atoms with Crippen molar-refractivity contribution in [2.45, 2.75) is 51.3 Å². The van der Waals surface area contributed by atoms with Gasteiger partial charge in [-0.05, 0) is 20.3 Å². The molecule has 0 spiro atoms. The van der Waals surface area contributed by atoms with Crippen molar-refractivity contribution < 1.29 is 9.53 Å². The molecule has 134 valence electrons. The van der Waals surface area contributed by atoms with Gasteiger partial charge in [0.1, 0.15) is 0 Å². The lowest BCUT2D eigenvalue weighted by Crippen LogP contribution is -2.35. The van der Waals surface area contributed by atoms with Crippen LogP contribution in [0.15, 0.2) is 10.2 Å². The molecule has 2 aliphatic rings. The molecule has 1 aromatic rings. The van der Waals surface area contributed by atoms with Gasteiger partial charge in [0, 0.05) is 50.7 Å². The van der Waals surface area contributed by atoms with Gasteiger partial charge in [0.2, 0.25) is 5.91 Å². The Hall–Kier alpha value is -2.20. The molecule has 0 aromatic carbocycles. The molecule has 1 aromatic heterocycles. The first-order chi connectivity index (χ1) is 12.0. The van der Waals surface area contributed by atoms with Crippen LogP contribution in [0, 0.1) is 32.1 Å². The zero-order chi connectivity index (χ0) is 18.0. The van der Waals surface area contributed by atoms with Gasteiger partial charge in [-0.3, -0.25) is 9.48 Å². The molecule has 7 heteroatoms. The highest BCUT2D eigenvalue weighted by Gasteiger charge is 2.40. The van der Waals surface area contributed by atoms with Gasteiger partial charge in [0.25, 0.3) is 0 Å². The second-order valence-electron chi connectivity index (χ2n) is 6.82. The molecular formula is C18H25N5O2. The second kappa shape index (κ2) is 6.96. The molecule has 1 N–H and O–H groups in total. The number of hydrogen-bond acceptors (Lipinski definition) is 5. The Morgan fingerprint density at radius 2 is 2.20 bits per heavy atom. The maximum absolute atomic E-state index is 12.7. The normalized spacial score (nSPS) is 23.4. The van der Waals surface area contributed by atoms with Crippen molar-refractivity contribution in [2.75, 3.05) is 13.2 Å². The van der Waals surface area contributed by atoms with Crippen LogP contribution in [0.25, 0.3) is 0 Å². The van der Waals surface area contributed by atoms with Gasteiger partial charge in [0.15, 0.2) is 5.66 Å². The Balaban J connectivity index is 1.57. The van der Waals surface area contributed by atoms with Crippen molar-refractivity contribution in [3.63, 3.8) is 0 Å². The van der Waals surface area contributed by atoms with Crippen molar-refractivity contribution in [1.29, 1.82) is 0 Å². The molecule has 7 nitrogen and oxygen atoms in total. The molecule has 1 amide bonds. The van der Waals surface area contributed by atoms with Crippen LogP contribution in [0.1, 0.15) is 48.7 Å². The zero-order valence-corrected chi connectivity index (χ0v) is 15.1. The molecule has 1 saturated heterocycles. The van der Waals surface area contributed by atoms with Gasteiger partial charge < -0.3 is 10.1 Å². The number of nitrogens with one attached hydrogen (secondary N) is 1. The number of ether oxygens (including phenoxy) is 1. The monoisotopic (exact) mass is 343 g/mol. The number of aryl methyl sites for hydroxylation is 2. The number of amides is 1. The van der Waals surface area contributed by atoms with E-state index >= 15 is 0 Å². The maximum Gasteiger partial charge on any atom is 0.226 e. The van der Waals surface area contributed by atoms with Gasteiger partial charge in [0.05, 0.1) is 17.7 Å². The van der Waals surface area contributed by atoms with E-state index in [1.807, 2.05) is 25.6 Å². The summed E-state index contributed by atoms with van der Waals surface area (Å²) in [5.41, 5.74) is 2.65. The molecule has 3 heterocycles. The quantitative estimate of drug-likeness (QED) is 0.771. The predicted molar refractivity (Wildman–Crippen MR) is 92.8 cm³/mol. The maximum atomic E-state index is 12.7. The summed E-state index contributed by atoms with van der Waals surface area (Å²) >= 11 is 0. The summed E-state index contributed by atoms with van der Waals surface area (Å²) in [6, 6.07) is 0. The third-order valence-corrected chi connectivity index (χ3v) is 5.16. The van der Waals surface area contributed by atoms with Crippen LogP contribution in [0.5, 0.6) is 0 Å². The molecule has 2 atom stereocenters. The van der Waals surface area contributed by atoms with E-state index in [0.29, 0.717) is 26.0 Å². The predicted octanol–water partition coefficient (Wildman–Crippen LogP) is 2.20. The molecule has 25 heavy (non-hydrogen) atoms. The van der Waals surface area contributed by atoms with Crippen LogP contribution < -0.4 is 5.32 Å². The van der Waals surface area contributed by atoms with Crippen LogP contribution in [-0.4, -0.2) is 34.5 Å². The van der Waals surface area contributed by atoms with Crippen LogP contribution in [-0.2, 0) is 16.6 Å².